The van der Waals surface area contributed by atoms with E-state index in [2.05, 4.69) is 4.98 Å². The lowest BCUT2D eigenvalue weighted by atomic mass is 10.0. The van der Waals surface area contributed by atoms with Crippen LogP contribution >= 0.6 is 0 Å². The Hall–Kier alpha value is -1.83. The van der Waals surface area contributed by atoms with Gasteiger partial charge in [-0.3, -0.25) is 10.3 Å². The molecule has 0 fully saturated rings. The van der Waals surface area contributed by atoms with Gasteiger partial charge in [-0.2, -0.15) is 13.2 Å². The Bertz CT molecular complexity index is 546. The summed E-state index contributed by atoms with van der Waals surface area (Å²) in [6.07, 6.45) is -3.46. The van der Waals surface area contributed by atoms with Crippen molar-refractivity contribution in [2.45, 2.75) is 39.0 Å². The molecule has 0 aliphatic rings. The molecule has 1 heterocycles. The summed E-state index contributed by atoms with van der Waals surface area (Å²) in [6.45, 7) is 3.65. The Kier molecular flexibility index (Phi) is 4.83. The van der Waals surface area contributed by atoms with Crippen molar-refractivity contribution in [3.63, 3.8) is 0 Å². The number of nitrogens with one attached hydrogen (secondary N) is 1. The van der Waals surface area contributed by atoms with Crippen LogP contribution in [0.25, 0.3) is 0 Å². The number of aryl methyl sites for hydroxylation is 1. The normalized spacial score (nSPS) is 14.6. The summed E-state index contributed by atoms with van der Waals surface area (Å²) >= 11 is 0. The molecule has 0 saturated heterocycles. The molecule has 2 N–H and O–H groups in total. The monoisotopic (exact) mass is 306 g/mol. The van der Waals surface area contributed by atoms with Gasteiger partial charge in [-0.25, -0.2) is 4.79 Å². The molecule has 0 aromatic carbocycles. The summed E-state index contributed by atoms with van der Waals surface area (Å²) in [7, 11) is 1.45. The van der Waals surface area contributed by atoms with Crippen molar-refractivity contribution in [1.82, 2.24) is 10.3 Å². The van der Waals surface area contributed by atoms with E-state index in [0.29, 0.717) is 23.9 Å². The van der Waals surface area contributed by atoms with Crippen molar-refractivity contribution in [2.75, 3.05) is 7.11 Å². The molecule has 1 unspecified atom stereocenters. The van der Waals surface area contributed by atoms with Crippen LogP contribution in [0.2, 0.25) is 0 Å². The first-order valence-electron chi connectivity index (χ1n) is 6.08. The van der Waals surface area contributed by atoms with Gasteiger partial charge in [0.05, 0.1) is 12.8 Å². The highest BCUT2D eigenvalue weighted by Gasteiger charge is 2.57. The van der Waals surface area contributed by atoms with Gasteiger partial charge in [-0.15, -0.1) is 0 Å². The number of carboxylic acids is 1. The zero-order valence-electron chi connectivity index (χ0n) is 12.1. The second kappa shape index (κ2) is 5.88. The van der Waals surface area contributed by atoms with Gasteiger partial charge in [0.15, 0.2) is 0 Å². The molecule has 1 aromatic rings. The van der Waals surface area contributed by atoms with Crippen LogP contribution < -0.4 is 10.1 Å². The van der Waals surface area contributed by atoms with Crippen molar-refractivity contribution >= 4 is 5.97 Å². The average molecular weight is 306 g/mol. The first-order chi connectivity index (χ1) is 9.54. The molecule has 0 amide bonds. The van der Waals surface area contributed by atoms with Gasteiger partial charge in [-0.1, -0.05) is 0 Å². The van der Waals surface area contributed by atoms with Gasteiger partial charge in [0, 0.05) is 23.9 Å². The van der Waals surface area contributed by atoms with E-state index in [-0.39, 0.29) is 6.54 Å². The van der Waals surface area contributed by atoms with Crippen LogP contribution in [0.1, 0.15) is 23.7 Å². The predicted molar refractivity (Wildman–Crippen MR) is 69.2 cm³/mol. The number of alkyl halides is 3. The minimum atomic E-state index is -4.93. The number of halogens is 3. The van der Waals surface area contributed by atoms with Crippen molar-refractivity contribution in [3.05, 3.63) is 23.0 Å². The summed E-state index contributed by atoms with van der Waals surface area (Å²) in [6, 6.07) is 0. The SMILES string of the molecule is COc1c(C)cnc(CNC(C)(C(=O)O)C(F)(F)F)c1C. The molecule has 1 rings (SSSR count). The topological polar surface area (TPSA) is 71.5 Å². The summed E-state index contributed by atoms with van der Waals surface area (Å²) in [4.78, 5) is 15.0. The van der Waals surface area contributed by atoms with Crippen LogP contribution in [0.4, 0.5) is 13.2 Å². The summed E-state index contributed by atoms with van der Waals surface area (Å²) in [5, 5.41) is 10.9. The number of hydrogen-bond donors (Lipinski definition) is 2. The smallest absolute Gasteiger partial charge is 0.417 e. The maximum absolute atomic E-state index is 12.9. The van der Waals surface area contributed by atoms with E-state index in [4.69, 9.17) is 9.84 Å². The Morgan fingerprint density at radius 1 is 1.43 bits per heavy atom. The van der Waals surface area contributed by atoms with Crippen LogP contribution in [0.15, 0.2) is 6.20 Å². The van der Waals surface area contributed by atoms with Crippen molar-refractivity contribution in [1.29, 1.82) is 0 Å². The van der Waals surface area contributed by atoms with Crippen LogP contribution in [0, 0.1) is 13.8 Å². The van der Waals surface area contributed by atoms with E-state index in [0.717, 1.165) is 5.56 Å². The zero-order valence-corrected chi connectivity index (χ0v) is 12.1. The first-order valence-corrected chi connectivity index (χ1v) is 6.08. The molecule has 0 radical (unpaired) electrons. The van der Waals surface area contributed by atoms with Crippen LogP contribution in [-0.2, 0) is 11.3 Å². The Morgan fingerprint density at radius 2 is 2.00 bits per heavy atom. The van der Waals surface area contributed by atoms with Gasteiger partial charge in [0.1, 0.15) is 5.75 Å². The number of methoxy groups -OCH3 is 1. The molecule has 1 aromatic heterocycles. The molecule has 21 heavy (non-hydrogen) atoms. The highest BCUT2D eigenvalue weighted by Crippen LogP contribution is 2.31. The molecule has 0 spiro atoms. The number of nitrogens with zero attached hydrogens (tertiary/aromatic N) is 1. The molecular weight excluding hydrogens is 289 g/mol. The van der Waals surface area contributed by atoms with Crippen molar-refractivity contribution in [2.24, 2.45) is 0 Å². The maximum atomic E-state index is 12.9. The number of aliphatic carboxylic acids is 1. The van der Waals surface area contributed by atoms with Gasteiger partial charge in [0.25, 0.3) is 0 Å². The Balaban J connectivity index is 3.05. The highest BCUT2D eigenvalue weighted by atomic mass is 19.4. The van der Waals surface area contributed by atoms with E-state index >= 15 is 0 Å². The number of hydrogen-bond acceptors (Lipinski definition) is 4. The molecular formula is C13H17F3N2O3. The predicted octanol–water partition coefficient (Wildman–Crippen LogP) is 2.20. The van der Waals surface area contributed by atoms with Crippen LogP contribution in [-0.4, -0.2) is 34.9 Å². The molecule has 0 bridgehead atoms. The summed E-state index contributed by atoms with van der Waals surface area (Å²) in [5.41, 5.74) is -1.43. The molecule has 0 aliphatic heterocycles. The molecule has 0 aliphatic carbocycles. The number of aromatic nitrogens is 1. The van der Waals surface area contributed by atoms with Crippen LogP contribution in [0.5, 0.6) is 5.75 Å². The molecule has 1 atom stereocenters. The second-order valence-corrected chi connectivity index (χ2v) is 4.83. The van der Waals surface area contributed by atoms with E-state index < -0.39 is 17.7 Å². The number of carbonyl (C=O) groups is 1. The lowest BCUT2D eigenvalue weighted by Gasteiger charge is -2.29. The lowest BCUT2D eigenvalue weighted by Crippen LogP contribution is -2.59. The first kappa shape index (κ1) is 17.2. The van der Waals surface area contributed by atoms with E-state index in [1.165, 1.54) is 13.3 Å². The average Bonchev–Trinajstić information content (AvgIpc) is 2.36. The third kappa shape index (κ3) is 3.26. The van der Waals surface area contributed by atoms with Gasteiger partial charge < -0.3 is 9.84 Å². The molecule has 8 heteroatoms. The van der Waals surface area contributed by atoms with Crippen molar-refractivity contribution in [3.8, 4) is 5.75 Å². The molecule has 0 saturated carbocycles. The van der Waals surface area contributed by atoms with Crippen molar-refractivity contribution < 1.29 is 27.8 Å². The fraction of sp³-hybridized carbons (Fsp3) is 0.538. The third-order valence-corrected chi connectivity index (χ3v) is 3.35. The highest BCUT2D eigenvalue weighted by molar-refractivity contribution is 5.79. The number of ether oxygens (including phenoxy) is 1. The quantitative estimate of drug-likeness (QED) is 0.872. The Labute approximate surface area is 120 Å². The maximum Gasteiger partial charge on any atom is 0.417 e. The van der Waals surface area contributed by atoms with Gasteiger partial charge in [-0.05, 0) is 20.8 Å². The van der Waals surface area contributed by atoms with Crippen LogP contribution in [0.3, 0.4) is 0 Å². The minimum absolute atomic E-state index is 0.300. The number of pyridine rings is 1. The lowest BCUT2D eigenvalue weighted by molar-refractivity contribution is -0.206. The number of rotatable bonds is 5. The summed E-state index contributed by atoms with van der Waals surface area (Å²) in [5.74, 6) is -1.47. The summed E-state index contributed by atoms with van der Waals surface area (Å²) < 4.78 is 43.8. The fourth-order valence-electron chi connectivity index (χ4n) is 1.81. The zero-order chi connectivity index (χ0) is 16.4. The standard InChI is InChI=1S/C13H17F3N2O3/c1-7-5-17-9(8(2)10(7)21-4)6-18-12(3,11(19)20)13(14,15)16/h5,18H,6H2,1-4H3,(H,19,20). The molecule has 118 valence electrons. The van der Waals surface area contributed by atoms with E-state index in [9.17, 15) is 18.0 Å². The second-order valence-electron chi connectivity index (χ2n) is 4.83. The van der Waals surface area contributed by atoms with Gasteiger partial charge in [0.2, 0.25) is 5.54 Å². The van der Waals surface area contributed by atoms with Gasteiger partial charge >= 0.3 is 12.1 Å². The fourth-order valence-corrected chi connectivity index (χ4v) is 1.81. The largest absolute Gasteiger partial charge is 0.496 e. The molecule has 5 nitrogen and oxygen atoms in total. The Morgan fingerprint density at radius 3 is 2.43 bits per heavy atom. The van der Waals surface area contributed by atoms with E-state index in [1.807, 2.05) is 5.32 Å². The third-order valence-electron chi connectivity index (χ3n) is 3.35. The van der Waals surface area contributed by atoms with E-state index in [1.54, 1.807) is 13.8 Å². The minimum Gasteiger partial charge on any atom is -0.496 e. The number of carboxylic acid groups (broad SMARTS) is 1.